The summed E-state index contributed by atoms with van der Waals surface area (Å²) in [5.74, 6) is 0.932. The summed E-state index contributed by atoms with van der Waals surface area (Å²) >= 11 is 7.69. The maximum Gasteiger partial charge on any atom is 0.227 e. The van der Waals surface area contributed by atoms with E-state index in [2.05, 4.69) is 15.5 Å². The lowest BCUT2D eigenvalue weighted by Gasteiger charge is -2.15. The molecule has 0 radical (unpaired) electrons. The lowest BCUT2D eigenvalue weighted by atomic mass is 10.1. The Kier molecular flexibility index (Phi) is 5.27. The SMILES string of the molecule is C[C@@H](NC(=O)CCc1nc(-c2cccs2)no1)c1ccccc1Cl. The molecular formula is C17H16ClN3O2S. The van der Waals surface area contributed by atoms with Crippen LogP contribution in [0.15, 0.2) is 46.3 Å². The standard InChI is InChI=1S/C17H16ClN3O2S/c1-11(12-5-2-3-6-13(12)18)19-15(22)8-9-16-20-17(21-23-16)14-7-4-10-24-14/h2-7,10-11H,8-9H2,1H3,(H,19,22)/t11-/m1/s1. The average molecular weight is 362 g/mol. The molecule has 3 aromatic rings. The summed E-state index contributed by atoms with van der Waals surface area (Å²) in [5.41, 5.74) is 0.894. The van der Waals surface area contributed by atoms with Crippen LogP contribution in [-0.2, 0) is 11.2 Å². The summed E-state index contributed by atoms with van der Waals surface area (Å²) in [6, 6.07) is 11.2. The van der Waals surface area contributed by atoms with Crippen LogP contribution in [0.4, 0.5) is 0 Å². The van der Waals surface area contributed by atoms with Crippen molar-refractivity contribution < 1.29 is 9.32 Å². The maximum atomic E-state index is 12.1. The van der Waals surface area contributed by atoms with Crippen LogP contribution in [0.2, 0.25) is 5.02 Å². The number of amides is 1. The van der Waals surface area contributed by atoms with Crippen LogP contribution in [-0.4, -0.2) is 16.0 Å². The molecule has 5 nitrogen and oxygen atoms in total. The van der Waals surface area contributed by atoms with E-state index in [4.69, 9.17) is 16.1 Å². The Morgan fingerprint density at radius 3 is 2.92 bits per heavy atom. The Labute approximate surface area is 148 Å². The highest BCUT2D eigenvalue weighted by Gasteiger charge is 2.14. The molecule has 124 valence electrons. The maximum absolute atomic E-state index is 12.1. The molecule has 2 heterocycles. The summed E-state index contributed by atoms with van der Waals surface area (Å²) < 4.78 is 5.19. The van der Waals surface area contributed by atoms with Crippen LogP contribution in [0, 0.1) is 0 Å². The number of halogens is 1. The van der Waals surface area contributed by atoms with E-state index in [-0.39, 0.29) is 18.4 Å². The molecule has 1 amide bonds. The van der Waals surface area contributed by atoms with Gasteiger partial charge < -0.3 is 9.84 Å². The number of rotatable bonds is 6. The van der Waals surface area contributed by atoms with E-state index in [0.717, 1.165) is 10.4 Å². The van der Waals surface area contributed by atoms with E-state index >= 15 is 0 Å². The van der Waals surface area contributed by atoms with Gasteiger partial charge in [-0.05, 0) is 30.0 Å². The van der Waals surface area contributed by atoms with E-state index in [0.29, 0.717) is 23.2 Å². The fourth-order valence-electron chi connectivity index (χ4n) is 2.30. The predicted molar refractivity (Wildman–Crippen MR) is 93.9 cm³/mol. The molecule has 0 aliphatic heterocycles. The van der Waals surface area contributed by atoms with Gasteiger partial charge in [-0.2, -0.15) is 4.98 Å². The van der Waals surface area contributed by atoms with Crippen molar-refractivity contribution in [2.45, 2.75) is 25.8 Å². The van der Waals surface area contributed by atoms with Gasteiger partial charge in [-0.3, -0.25) is 4.79 Å². The number of hydrogen-bond donors (Lipinski definition) is 1. The van der Waals surface area contributed by atoms with E-state index in [1.54, 1.807) is 11.3 Å². The first kappa shape index (κ1) is 16.7. The van der Waals surface area contributed by atoms with Crippen LogP contribution >= 0.6 is 22.9 Å². The molecule has 0 aliphatic rings. The van der Waals surface area contributed by atoms with Gasteiger partial charge in [-0.1, -0.05) is 41.0 Å². The smallest absolute Gasteiger partial charge is 0.227 e. The monoisotopic (exact) mass is 361 g/mol. The fraction of sp³-hybridized carbons (Fsp3) is 0.235. The molecule has 7 heteroatoms. The normalized spacial score (nSPS) is 12.1. The van der Waals surface area contributed by atoms with Crippen LogP contribution in [0.5, 0.6) is 0 Å². The van der Waals surface area contributed by atoms with Crippen molar-refractivity contribution in [3.63, 3.8) is 0 Å². The zero-order valence-corrected chi connectivity index (χ0v) is 14.6. The quantitative estimate of drug-likeness (QED) is 0.712. The molecule has 3 rings (SSSR count). The Morgan fingerprint density at radius 1 is 1.33 bits per heavy atom. The Balaban J connectivity index is 1.53. The Hall–Kier alpha value is -2.18. The van der Waals surface area contributed by atoms with Crippen molar-refractivity contribution in [1.82, 2.24) is 15.5 Å². The minimum absolute atomic E-state index is 0.0849. The highest BCUT2D eigenvalue weighted by Crippen LogP contribution is 2.23. The van der Waals surface area contributed by atoms with Gasteiger partial charge >= 0.3 is 0 Å². The van der Waals surface area contributed by atoms with Crippen molar-refractivity contribution >= 4 is 28.8 Å². The molecule has 0 spiro atoms. The second-order valence-electron chi connectivity index (χ2n) is 5.30. The Bertz CT molecular complexity index is 817. The van der Waals surface area contributed by atoms with Crippen molar-refractivity contribution in [2.75, 3.05) is 0 Å². The highest BCUT2D eigenvalue weighted by molar-refractivity contribution is 7.13. The molecule has 0 unspecified atom stereocenters. The van der Waals surface area contributed by atoms with E-state index in [9.17, 15) is 4.79 Å². The molecule has 1 atom stereocenters. The lowest BCUT2D eigenvalue weighted by molar-refractivity contribution is -0.121. The van der Waals surface area contributed by atoms with Gasteiger partial charge in [0.2, 0.25) is 17.6 Å². The van der Waals surface area contributed by atoms with Crippen molar-refractivity contribution in [2.24, 2.45) is 0 Å². The van der Waals surface area contributed by atoms with Crippen molar-refractivity contribution in [3.8, 4) is 10.7 Å². The van der Waals surface area contributed by atoms with Gasteiger partial charge in [-0.15, -0.1) is 11.3 Å². The van der Waals surface area contributed by atoms with Crippen LogP contribution < -0.4 is 5.32 Å². The topological polar surface area (TPSA) is 68.0 Å². The second-order valence-corrected chi connectivity index (χ2v) is 6.65. The van der Waals surface area contributed by atoms with Gasteiger partial charge in [0.25, 0.3) is 0 Å². The number of nitrogens with one attached hydrogen (secondary N) is 1. The summed E-state index contributed by atoms with van der Waals surface area (Å²) in [6.07, 6.45) is 0.681. The van der Waals surface area contributed by atoms with Crippen LogP contribution in [0.3, 0.4) is 0 Å². The molecule has 0 fully saturated rings. The molecule has 0 aliphatic carbocycles. The summed E-state index contributed by atoms with van der Waals surface area (Å²) in [4.78, 5) is 17.4. The molecule has 0 saturated carbocycles. The summed E-state index contributed by atoms with van der Waals surface area (Å²) in [5, 5.41) is 9.46. The number of hydrogen-bond acceptors (Lipinski definition) is 5. The third-order valence-electron chi connectivity index (χ3n) is 3.52. The predicted octanol–water partition coefficient (Wildman–Crippen LogP) is 4.26. The van der Waals surface area contributed by atoms with Crippen LogP contribution in [0.25, 0.3) is 10.7 Å². The van der Waals surface area contributed by atoms with Crippen LogP contribution in [0.1, 0.15) is 30.8 Å². The van der Waals surface area contributed by atoms with Gasteiger partial charge in [0.05, 0.1) is 10.9 Å². The first-order valence-electron chi connectivity index (χ1n) is 7.53. The molecule has 1 N–H and O–H groups in total. The van der Waals surface area contributed by atoms with E-state index in [1.165, 1.54) is 0 Å². The zero-order chi connectivity index (χ0) is 16.9. The van der Waals surface area contributed by atoms with E-state index < -0.39 is 0 Å². The molecule has 24 heavy (non-hydrogen) atoms. The van der Waals surface area contributed by atoms with Gasteiger partial charge in [0.1, 0.15) is 0 Å². The van der Waals surface area contributed by atoms with E-state index in [1.807, 2.05) is 48.7 Å². The number of nitrogens with zero attached hydrogens (tertiary/aromatic N) is 2. The van der Waals surface area contributed by atoms with Gasteiger partial charge in [0.15, 0.2) is 0 Å². The number of carbonyl (C=O) groups is 1. The Morgan fingerprint density at radius 2 is 2.17 bits per heavy atom. The minimum Gasteiger partial charge on any atom is -0.350 e. The summed E-state index contributed by atoms with van der Waals surface area (Å²) in [6.45, 7) is 1.90. The molecule has 0 bridgehead atoms. The third-order valence-corrected chi connectivity index (χ3v) is 4.73. The third kappa shape index (κ3) is 4.01. The lowest BCUT2D eigenvalue weighted by Crippen LogP contribution is -2.27. The first-order chi connectivity index (χ1) is 11.6. The molecule has 1 aromatic carbocycles. The number of aromatic nitrogens is 2. The first-order valence-corrected chi connectivity index (χ1v) is 8.79. The zero-order valence-electron chi connectivity index (χ0n) is 13.0. The number of thiophene rings is 1. The highest BCUT2D eigenvalue weighted by atomic mass is 35.5. The van der Waals surface area contributed by atoms with Gasteiger partial charge in [-0.25, -0.2) is 0 Å². The average Bonchev–Trinajstić information content (AvgIpc) is 3.24. The largest absolute Gasteiger partial charge is 0.350 e. The number of benzene rings is 1. The van der Waals surface area contributed by atoms with Crippen molar-refractivity contribution in [1.29, 1.82) is 0 Å². The summed E-state index contributed by atoms with van der Waals surface area (Å²) in [7, 11) is 0. The molecular weight excluding hydrogens is 346 g/mol. The minimum atomic E-state index is -0.157. The van der Waals surface area contributed by atoms with Gasteiger partial charge in [0, 0.05) is 17.9 Å². The molecule has 2 aromatic heterocycles. The fourth-order valence-corrected chi connectivity index (χ4v) is 3.25. The molecule has 0 saturated heterocycles. The number of aryl methyl sites for hydroxylation is 1. The number of carbonyl (C=O) groups excluding carboxylic acids is 1. The second kappa shape index (κ2) is 7.59. The van der Waals surface area contributed by atoms with Crippen molar-refractivity contribution in [3.05, 3.63) is 58.3 Å².